The highest BCUT2D eigenvalue weighted by molar-refractivity contribution is 9.10. The van der Waals surface area contributed by atoms with Crippen LogP contribution in [0.5, 0.6) is 0 Å². The maximum absolute atomic E-state index is 13.4. The molecule has 1 amide bonds. The van der Waals surface area contributed by atoms with Crippen LogP contribution in [0.4, 0.5) is 4.39 Å². The van der Waals surface area contributed by atoms with E-state index in [-0.39, 0.29) is 11.9 Å². The molecule has 0 saturated carbocycles. The number of amides is 1. The summed E-state index contributed by atoms with van der Waals surface area (Å²) in [5, 5.41) is 2.84. The number of rotatable bonds is 3. The Labute approximate surface area is 133 Å². The summed E-state index contributed by atoms with van der Waals surface area (Å²) in [5.41, 5.74) is 1.29. The molecule has 0 aliphatic heterocycles. The third kappa shape index (κ3) is 3.67. The number of benzene rings is 2. The number of nitrogens with one attached hydrogen (secondary N) is 1. The summed E-state index contributed by atoms with van der Waals surface area (Å²) in [4.78, 5) is 12.1. The minimum atomic E-state index is -0.450. The van der Waals surface area contributed by atoms with Crippen molar-refractivity contribution >= 4 is 37.8 Å². The summed E-state index contributed by atoms with van der Waals surface area (Å²) in [6.07, 6.45) is 0. The lowest BCUT2D eigenvalue weighted by Gasteiger charge is -2.14. The topological polar surface area (TPSA) is 29.1 Å². The molecule has 0 unspecified atom stereocenters. The zero-order valence-electron chi connectivity index (χ0n) is 10.7. The van der Waals surface area contributed by atoms with Crippen LogP contribution in [0.25, 0.3) is 0 Å². The molecule has 0 aliphatic carbocycles. The van der Waals surface area contributed by atoms with Gasteiger partial charge in [-0.15, -0.1) is 0 Å². The lowest BCUT2D eigenvalue weighted by Crippen LogP contribution is -2.26. The highest BCUT2D eigenvalue weighted by Gasteiger charge is 2.12. The number of carbonyl (C=O) groups is 1. The van der Waals surface area contributed by atoms with E-state index in [9.17, 15) is 9.18 Å². The van der Waals surface area contributed by atoms with Crippen LogP contribution in [0.1, 0.15) is 28.9 Å². The molecular weight excluding hydrogens is 389 g/mol. The standard InChI is InChI=1S/C15H12Br2FNO/c1-9(10-2-5-12(16)6-3-10)19-15(20)11-4-7-13(17)14(18)8-11/h2-9H,1H3,(H,19,20)/t9-/m0/s1. The van der Waals surface area contributed by atoms with Crippen LogP contribution < -0.4 is 5.32 Å². The quantitative estimate of drug-likeness (QED) is 0.784. The van der Waals surface area contributed by atoms with E-state index in [0.29, 0.717) is 10.0 Å². The van der Waals surface area contributed by atoms with Crippen LogP contribution in [0.2, 0.25) is 0 Å². The van der Waals surface area contributed by atoms with Gasteiger partial charge in [0, 0.05) is 10.0 Å². The molecule has 2 nitrogen and oxygen atoms in total. The average molecular weight is 401 g/mol. The van der Waals surface area contributed by atoms with Gasteiger partial charge in [0.15, 0.2) is 0 Å². The van der Waals surface area contributed by atoms with Gasteiger partial charge in [-0.05, 0) is 58.7 Å². The molecular formula is C15H12Br2FNO. The van der Waals surface area contributed by atoms with Crippen molar-refractivity contribution in [2.75, 3.05) is 0 Å². The largest absolute Gasteiger partial charge is 0.346 e. The van der Waals surface area contributed by atoms with E-state index in [1.165, 1.54) is 12.1 Å². The maximum atomic E-state index is 13.4. The Kier molecular flexibility index (Phi) is 4.94. The van der Waals surface area contributed by atoms with Gasteiger partial charge in [0.1, 0.15) is 5.82 Å². The van der Waals surface area contributed by atoms with Gasteiger partial charge in [0.05, 0.1) is 10.5 Å². The molecule has 2 aromatic carbocycles. The summed E-state index contributed by atoms with van der Waals surface area (Å²) < 4.78 is 14.7. The van der Waals surface area contributed by atoms with Gasteiger partial charge in [-0.1, -0.05) is 28.1 Å². The Bertz CT molecular complexity index is 628. The zero-order valence-corrected chi connectivity index (χ0v) is 13.8. The summed E-state index contributed by atoms with van der Waals surface area (Å²) >= 11 is 6.43. The first kappa shape index (κ1) is 15.2. The van der Waals surface area contributed by atoms with E-state index in [1.807, 2.05) is 31.2 Å². The highest BCUT2D eigenvalue weighted by atomic mass is 79.9. The van der Waals surface area contributed by atoms with E-state index >= 15 is 0 Å². The minimum absolute atomic E-state index is 0.151. The second-order valence-electron chi connectivity index (χ2n) is 4.38. The van der Waals surface area contributed by atoms with Crippen molar-refractivity contribution in [1.29, 1.82) is 0 Å². The molecule has 0 heterocycles. The molecule has 0 fully saturated rings. The molecule has 1 N–H and O–H groups in total. The molecule has 0 bridgehead atoms. The normalized spacial score (nSPS) is 12.0. The van der Waals surface area contributed by atoms with Gasteiger partial charge in [0.25, 0.3) is 5.91 Å². The lowest BCUT2D eigenvalue weighted by molar-refractivity contribution is 0.0939. The third-order valence-electron chi connectivity index (χ3n) is 2.90. The van der Waals surface area contributed by atoms with Gasteiger partial charge in [-0.25, -0.2) is 4.39 Å². The molecule has 0 aromatic heterocycles. The first-order valence-corrected chi connectivity index (χ1v) is 7.57. The van der Waals surface area contributed by atoms with Crippen LogP contribution in [0, 0.1) is 5.82 Å². The van der Waals surface area contributed by atoms with E-state index in [4.69, 9.17) is 0 Å². The fourth-order valence-electron chi connectivity index (χ4n) is 1.75. The van der Waals surface area contributed by atoms with Gasteiger partial charge >= 0.3 is 0 Å². The predicted molar refractivity (Wildman–Crippen MR) is 84.1 cm³/mol. The Morgan fingerprint density at radius 2 is 1.80 bits per heavy atom. The Morgan fingerprint density at radius 3 is 2.40 bits per heavy atom. The SMILES string of the molecule is C[C@H](NC(=O)c1ccc(Br)c(F)c1)c1ccc(Br)cc1. The number of hydrogen-bond donors (Lipinski definition) is 1. The molecule has 2 aromatic rings. The second-order valence-corrected chi connectivity index (χ2v) is 6.15. The zero-order chi connectivity index (χ0) is 14.7. The monoisotopic (exact) mass is 399 g/mol. The first-order valence-electron chi connectivity index (χ1n) is 5.99. The Morgan fingerprint density at radius 1 is 1.15 bits per heavy atom. The molecule has 5 heteroatoms. The fourth-order valence-corrected chi connectivity index (χ4v) is 2.26. The smallest absolute Gasteiger partial charge is 0.251 e. The molecule has 0 spiro atoms. The minimum Gasteiger partial charge on any atom is -0.346 e. The van der Waals surface area contributed by atoms with Gasteiger partial charge in [0.2, 0.25) is 0 Å². The molecule has 0 radical (unpaired) electrons. The van der Waals surface area contributed by atoms with Crippen molar-refractivity contribution < 1.29 is 9.18 Å². The molecule has 0 aliphatic rings. The van der Waals surface area contributed by atoms with Crippen LogP contribution in [-0.4, -0.2) is 5.91 Å². The van der Waals surface area contributed by atoms with Crippen molar-refractivity contribution in [2.45, 2.75) is 13.0 Å². The Balaban J connectivity index is 2.10. The molecule has 1 atom stereocenters. The molecule has 2 rings (SSSR count). The number of carbonyl (C=O) groups excluding carboxylic acids is 1. The van der Waals surface area contributed by atoms with Crippen molar-refractivity contribution in [3.8, 4) is 0 Å². The lowest BCUT2D eigenvalue weighted by atomic mass is 10.1. The second kappa shape index (κ2) is 6.50. The van der Waals surface area contributed by atoms with Crippen molar-refractivity contribution in [3.05, 3.63) is 68.4 Å². The van der Waals surface area contributed by atoms with E-state index in [2.05, 4.69) is 37.2 Å². The number of halogens is 3. The highest BCUT2D eigenvalue weighted by Crippen LogP contribution is 2.19. The van der Waals surface area contributed by atoms with E-state index < -0.39 is 5.82 Å². The van der Waals surface area contributed by atoms with Crippen molar-refractivity contribution in [1.82, 2.24) is 5.32 Å². The summed E-state index contributed by atoms with van der Waals surface area (Å²) in [6, 6.07) is 11.9. The third-order valence-corrected chi connectivity index (χ3v) is 4.07. The maximum Gasteiger partial charge on any atom is 0.251 e. The predicted octanol–water partition coefficient (Wildman–Crippen LogP) is 4.84. The average Bonchev–Trinajstić information content (AvgIpc) is 2.42. The first-order chi connectivity index (χ1) is 9.47. The van der Waals surface area contributed by atoms with Crippen molar-refractivity contribution in [2.24, 2.45) is 0 Å². The van der Waals surface area contributed by atoms with E-state index in [0.717, 1.165) is 10.0 Å². The fraction of sp³-hybridized carbons (Fsp3) is 0.133. The summed E-state index contributed by atoms with van der Waals surface area (Å²) in [7, 11) is 0. The van der Waals surface area contributed by atoms with Gasteiger partial charge in [-0.3, -0.25) is 4.79 Å². The molecule has 104 valence electrons. The van der Waals surface area contributed by atoms with Crippen LogP contribution >= 0.6 is 31.9 Å². The van der Waals surface area contributed by atoms with E-state index in [1.54, 1.807) is 6.07 Å². The van der Waals surface area contributed by atoms with Gasteiger partial charge in [-0.2, -0.15) is 0 Å². The van der Waals surface area contributed by atoms with Crippen molar-refractivity contribution in [3.63, 3.8) is 0 Å². The molecule has 0 saturated heterocycles. The van der Waals surface area contributed by atoms with Crippen LogP contribution in [0.15, 0.2) is 51.4 Å². The van der Waals surface area contributed by atoms with Crippen LogP contribution in [0.3, 0.4) is 0 Å². The molecule has 20 heavy (non-hydrogen) atoms. The number of hydrogen-bond acceptors (Lipinski definition) is 1. The summed E-state index contributed by atoms with van der Waals surface area (Å²) in [6.45, 7) is 1.89. The van der Waals surface area contributed by atoms with Crippen LogP contribution in [-0.2, 0) is 0 Å². The Hall–Kier alpha value is -1.20. The van der Waals surface area contributed by atoms with Gasteiger partial charge < -0.3 is 5.32 Å². The summed E-state index contributed by atoms with van der Waals surface area (Å²) in [5.74, 6) is -0.749.